The van der Waals surface area contributed by atoms with Crippen LogP contribution in [0.5, 0.6) is 0 Å². The van der Waals surface area contributed by atoms with E-state index >= 15 is 0 Å². The number of carbonyl (C=O) groups is 1. The Morgan fingerprint density at radius 2 is 2.19 bits per heavy atom. The van der Waals surface area contributed by atoms with Gasteiger partial charge in [0.05, 0.1) is 10.6 Å². The lowest BCUT2D eigenvalue weighted by Crippen LogP contribution is -2.11. The Balaban J connectivity index is 2.83. The first-order valence-corrected chi connectivity index (χ1v) is 6.26. The topological polar surface area (TPSA) is 72.2 Å². The number of hydrogen-bond acceptors (Lipinski definition) is 3. The van der Waals surface area contributed by atoms with Crippen LogP contribution in [0.2, 0.25) is 0 Å². The maximum absolute atomic E-state index is 11.3. The van der Waals surface area contributed by atoms with Crippen molar-refractivity contribution in [1.29, 1.82) is 0 Å². The average Bonchev–Trinajstić information content (AvgIpc) is 2.21. The molecule has 1 N–H and O–H groups in total. The van der Waals surface area contributed by atoms with Crippen LogP contribution in [0.3, 0.4) is 0 Å². The van der Waals surface area contributed by atoms with E-state index in [0.29, 0.717) is 21.9 Å². The average molecular weight is 352 g/mol. The summed E-state index contributed by atoms with van der Waals surface area (Å²) < 4.78 is 0.490. The monoisotopic (exact) mass is 350 g/mol. The summed E-state index contributed by atoms with van der Waals surface area (Å²) in [6, 6.07) is 4.19. The number of alkyl halides is 1. The van der Waals surface area contributed by atoms with Gasteiger partial charge in [-0.1, -0.05) is 15.9 Å². The molecule has 0 aromatic heterocycles. The third-order valence-corrected chi connectivity index (χ3v) is 2.81. The number of anilines is 1. The van der Waals surface area contributed by atoms with Gasteiger partial charge >= 0.3 is 0 Å². The number of nitrogens with zero attached hydrogens (tertiary/aromatic N) is 1. The summed E-state index contributed by atoms with van der Waals surface area (Å²) in [5.41, 5.74) is 0.502. The molecule has 16 heavy (non-hydrogen) atoms. The number of nitrogens with one attached hydrogen (secondary N) is 1. The fraction of sp³-hybridized carbons (Fsp3) is 0.222. The Morgan fingerprint density at radius 1 is 1.50 bits per heavy atom. The van der Waals surface area contributed by atoms with E-state index in [9.17, 15) is 14.9 Å². The third-order valence-electron chi connectivity index (χ3n) is 1.76. The van der Waals surface area contributed by atoms with Crippen LogP contribution >= 0.6 is 31.9 Å². The standard InChI is InChI=1S/C9H8Br2N2O3/c10-4-3-9(14)12-8-2-1-6(13(15)16)5-7(8)11/h1-2,5H,3-4H2,(H,12,14). The predicted octanol–water partition coefficient (Wildman–Crippen LogP) is 3.08. The highest BCUT2D eigenvalue weighted by Gasteiger charge is 2.10. The van der Waals surface area contributed by atoms with E-state index in [1.54, 1.807) is 0 Å². The van der Waals surface area contributed by atoms with Crippen LogP contribution in [-0.2, 0) is 4.79 Å². The second-order valence-corrected chi connectivity index (χ2v) is 4.56. The molecule has 0 heterocycles. The quantitative estimate of drug-likeness (QED) is 0.514. The zero-order valence-electron chi connectivity index (χ0n) is 8.07. The lowest BCUT2D eigenvalue weighted by molar-refractivity contribution is -0.384. The van der Waals surface area contributed by atoms with E-state index in [1.807, 2.05) is 0 Å². The maximum Gasteiger partial charge on any atom is 0.270 e. The number of nitro benzene ring substituents is 1. The van der Waals surface area contributed by atoms with Crippen LogP contribution < -0.4 is 5.32 Å². The largest absolute Gasteiger partial charge is 0.325 e. The molecule has 86 valence electrons. The van der Waals surface area contributed by atoms with E-state index in [1.165, 1.54) is 18.2 Å². The smallest absolute Gasteiger partial charge is 0.270 e. The van der Waals surface area contributed by atoms with Crippen LogP contribution in [0, 0.1) is 10.1 Å². The van der Waals surface area contributed by atoms with Gasteiger partial charge in [-0.25, -0.2) is 0 Å². The highest BCUT2D eigenvalue weighted by Crippen LogP contribution is 2.27. The molecule has 0 saturated heterocycles. The minimum Gasteiger partial charge on any atom is -0.325 e. The van der Waals surface area contributed by atoms with Crippen molar-refractivity contribution in [2.75, 3.05) is 10.6 Å². The predicted molar refractivity (Wildman–Crippen MR) is 67.8 cm³/mol. The van der Waals surface area contributed by atoms with Crippen molar-refractivity contribution < 1.29 is 9.72 Å². The van der Waals surface area contributed by atoms with Crippen molar-refractivity contribution in [1.82, 2.24) is 0 Å². The molecule has 0 spiro atoms. The van der Waals surface area contributed by atoms with Gasteiger partial charge in [-0.2, -0.15) is 0 Å². The van der Waals surface area contributed by atoms with Gasteiger partial charge in [0.25, 0.3) is 5.69 Å². The number of non-ortho nitro benzene ring substituents is 1. The zero-order valence-corrected chi connectivity index (χ0v) is 11.2. The lowest BCUT2D eigenvalue weighted by atomic mass is 10.3. The molecule has 1 aromatic rings. The molecular weight excluding hydrogens is 344 g/mol. The summed E-state index contributed by atoms with van der Waals surface area (Å²) in [5, 5.41) is 13.7. The summed E-state index contributed by atoms with van der Waals surface area (Å²) in [4.78, 5) is 21.3. The lowest BCUT2D eigenvalue weighted by Gasteiger charge is -2.05. The Bertz CT molecular complexity index is 423. The molecule has 0 fully saturated rings. The Kier molecular flexibility index (Phi) is 4.88. The summed E-state index contributed by atoms with van der Waals surface area (Å²) in [6.45, 7) is 0. The molecule has 0 unspecified atom stereocenters. The van der Waals surface area contributed by atoms with Crippen molar-refractivity contribution >= 4 is 49.1 Å². The van der Waals surface area contributed by atoms with Gasteiger partial charge in [-0.15, -0.1) is 0 Å². The number of nitro groups is 1. The molecule has 0 aliphatic heterocycles. The summed E-state index contributed by atoms with van der Waals surface area (Å²) >= 11 is 6.31. The fourth-order valence-corrected chi connectivity index (χ4v) is 1.84. The van der Waals surface area contributed by atoms with Crippen molar-refractivity contribution in [3.63, 3.8) is 0 Å². The van der Waals surface area contributed by atoms with Gasteiger partial charge in [0, 0.05) is 28.4 Å². The summed E-state index contributed by atoms with van der Waals surface area (Å²) in [7, 11) is 0. The summed E-state index contributed by atoms with van der Waals surface area (Å²) in [6.07, 6.45) is 0.351. The highest BCUT2D eigenvalue weighted by molar-refractivity contribution is 9.10. The molecule has 0 aliphatic rings. The Hall–Kier alpha value is -0.950. The number of amides is 1. The number of carbonyl (C=O) groups excluding carboxylic acids is 1. The number of benzene rings is 1. The fourth-order valence-electron chi connectivity index (χ4n) is 1.02. The van der Waals surface area contributed by atoms with Gasteiger partial charge in [0.2, 0.25) is 5.91 Å². The third kappa shape index (κ3) is 3.57. The first kappa shape index (κ1) is 13.1. The first-order chi connectivity index (χ1) is 7.54. The normalized spacial score (nSPS) is 9.88. The van der Waals surface area contributed by atoms with E-state index in [2.05, 4.69) is 37.2 Å². The molecule has 0 atom stereocenters. The highest BCUT2D eigenvalue weighted by atomic mass is 79.9. The zero-order chi connectivity index (χ0) is 12.1. The summed E-state index contributed by atoms with van der Waals surface area (Å²) in [5.74, 6) is -0.147. The second kappa shape index (κ2) is 5.95. The number of halogens is 2. The molecule has 0 radical (unpaired) electrons. The Labute approximate surface area is 109 Å². The Morgan fingerprint density at radius 3 is 2.69 bits per heavy atom. The minimum atomic E-state index is -0.491. The first-order valence-electron chi connectivity index (χ1n) is 4.34. The molecule has 0 bridgehead atoms. The van der Waals surface area contributed by atoms with Crippen molar-refractivity contribution in [3.8, 4) is 0 Å². The molecule has 5 nitrogen and oxygen atoms in total. The maximum atomic E-state index is 11.3. The van der Waals surface area contributed by atoms with Gasteiger partial charge < -0.3 is 5.32 Å². The van der Waals surface area contributed by atoms with Crippen LogP contribution in [0.1, 0.15) is 6.42 Å². The van der Waals surface area contributed by atoms with Crippen LogP contribution in [0.4, 0.5) is 11.4 Å². The molecule has 0 aliphatic carbocycles. The van der Waals surface area contributed by atoms with Crippen LogP contribution in [0.15, 0.2) is 22.7 Å². The van der Waals surface area contributed by atoms with Crippen LogP contribution in [0.25, 0.3) is 0 Å². The van der Waals surface area contributed by atoms with E-state index in [-0.39, 0.29) is 11.6 Å². The number of hydrogen-bond donors (Lipinski definition) is 1. The van der Waals surface area contributed by atoms with Crippen molar-refractivity contribution in [2.45, 2.75) is 6.42 Å². The molecular formula is C9H8Br2N2O3. The van der Waals surface area contributed by atoms with Gasteiger partial charge in [-0.3, -0.25) is 14.9 Å². The van der Waals surface area contributed by atoms with Crippen molar-refractivity contribution in [3.05, 3.63) is 32.8 Å². The molecule has 0 saturated carbocycles. The molecule has 1 rings (SSSR count). The van der Waals surface area contributed by atoms with Gasteiger partial charge in [-0.05, 0) is 22.0 Å². The van der Waals surface area contributed by atoms with Crippen molar-refractivity contribution in [2.24, 2.45) is 0 Å². The molecule has 7 heteroatoms. The van der Waals surface area contributed by atoms with Crippen LogP contribution in [-0.4, -0.2) is 16.2 Å². The molecule has 1 amide bonds. The van der Waals surface area contributed by atoms with E-state index < -0.39 is 4.92 Å². The molecule has 1 aromatic carbocycles. The number of rotatable bonds is 4. The van der Waals surface area contributed by atoms with Gasteiger partial charge in [0.15, 0.2) is 0 Å². The SMILES string of the molecule is O=C(CCBr)Nc1ccc([N+](=O)[O-])cc1Br. The second-order valence-electron chi connectivity index (χ2n) is 2.91. The minimum absolute atomic E-state index is 0.0228. The van der Waals surface area contributed by atoms with Gasteiger partial charge in [0.1, 0.15) is 0 Å². The van der Waals surface area contributed by atoms with E-state index in [0.717, 1.165) is 0 Å². The van der Waals surface area contributed by atoms with E-state index in [4.69, 9.17) is 0 Å².